The van der Waals surface area contributed by atoms with Gasteiger partial charge in [0.1, 0.15) is 6.61 Å². The van der Waals surface area contributed by atoms with Gasteiger partial charge in [-0.1, -0.05) is 6.58 Å². The lowest BCUT2D eigenvalue weighted by Gasteiger charge is -2.16. The molecule has 0 saturated heterocycles. The van der Waals surface area contributed by atoms with Crippen molar-refractivity contribution in [3.8, 4) is 0 Å². The summed E-state index contributed by atoms with van der Waals surface area (Å²) in [6, 6.07) is 0. The van der Waals surface area contributed by atoms with Crippen molar-refractivity contribution in [1.29, 1.82) is 0 Å². The predicted molar refractivity (Wildman–Crippen MR) is 63.2 cm³/mol. The molecule has 0 bridgehead atoms. The van der Waals surface area contributed by atoms with Crippen LogP contribution in [0.4, 0.5) is 4.79 Å². The number of rotatable bonds is 9. The van der Waals surface area contributed by atoms with Gasteiger partial charge in [-0.2, -0.15) is 0 Å². The number of nitrogens with one attached hydrogen (secondary N) is 1. The number of hydrogen-bond donors (Lipinski definition) is 1. The van der Waals surface area contributed by atoms with Crippen LogP contribution in [-0.2, 0) is 23.7 Å². The third-order valence-electron chi connectivity index (χ3n) is 1.76. The van der Waals surface area contributed by atoms with Gasteiger partial charge < -0.3 is 24.3 Å². The Morgan fingerprint density at radius 1 is 1.28 bits per heavy atom. The third kappa shape index (κ3) is 8.54. The Balaban J connectivity index is 3.73. The molecule has 1 N–H and O–H groups in total. The molecule has 0 aliphatic rings. The monoisotopic (exact) mass is 261 g/mol. The third-order valence-corrected chi connectivity index (χ3v) is 1.76. The highest BCUT2D eigenvalue weighted by Gasteiger charge is 2.13. The summed E-state index contributed by atoms with van der Waals surface area (Å²) in [5, 5.41) is 2.43. The zero-order chi connectivity index (χ0) is 13.8. The van der Waals surface area contributed by atoms with E-state index >= 15 is 0 Å². The van der Waals surface area contributed by atoms with Gasteiger partial charge in [0.15, 0.2) is 6.10 Å². The van der Waals surface area contributed by atoms with Crippen molar-refractivity contribution in [2.75, 3.05) is 40.6 Å². The van der Waals surface area contributed by atoms with Crippen molar-refractivity contribution in [2.45, 2.75) is 6.10 Å². The lowest BCUT2D eigenvalue weighted by atomic mass is 10.4. The average Bonchev–Trinajstić information content (AvgIpc) is 2.35. The van der Waals surface area contributed by atoms with Gasteiger partial charge in [-0.15, -0.1) is 0 Å². The molecular formula is C11H19NO6. The highest BCUT2D eigenvalue weighted by molar-refractivity contribution is 5.81. The normalized spacial score (nSPS) is 9.94. The first-order valence-corrected chi connectivity index (χ1v) is 5.35. The maximum absolute atomic E-state index is 11.3. The van der Waals surface area contributed by atoms with E-state index in [4.69, 9.17) is 14.2 Å². The highest BCUT2D eigenvalue weighted by Crippen LogP contribution is 1.94. The first-order valence-electron chi connectivity index (χ1n) is 5.35. The van der Waals surface area contributed by atoms with E-state index in [0.717, 1.165) is 6.08 Å². The Morgan fingerprint density at radius 2 is 1.89 bits per heavy atom. The minimum absolute atomic E-state index is 0.0547. The van der Waals surface area contributed by atoms with Crippen LogP contribution < -0.4 is 5.32 Å². The molecule has 0 fully saturated rings. The van der Waals surface area contributed by atoms with E-state index in [2.05, 4.69) is 16.6 Å². The second-order valence-corrected chi connectivity index (χ2v) is 3.24. The molecule has 0 unspecified atom stereocenters. The Kier molecular flexibility index (Phi) is 9.61. The van der Waals surface area contributed by atoms with E-state index in [9.17, 15) is 9.59 Å². The summed E-state index contributed by atoms with van der Waals surface area (Å²) in [5.74, 6) is -0.540. The van der Waals surface area contributed by atoms with Crippen LogP contribution in [0.5, 0.6) is 0 Å². The first kappa shape index (κ1) is 16.4. The van der Waals surface area contributed by atoms with E-state index < -0.39 is 18.2 Å². The molecule has 7 nitrogen and oxygen atoms in total. The highest BCUT2D eigenvalue weighted by atomic mass is 16.6. The number of esters is 1. The molecule has 0 rings (SSSR count). The minimum Gasteiger partial charge on any atom is -0.461 e. The van der Waals surface area contributed by atoms with Crippen LogP contribution in [0.1, 0.15) is 0 Å². The molecule has 0 heterocycles. The van der Waals surface area contributed by atoms with Crippen LogP contribution in [0.25, 0.3) is 0 Å². The number of alkyl carbamates (subject to hydrolysis) is 1. The number of hydrogen-bond acceptors (Lipinski definition) is 6. The smallest absolute Gasteiger partial charge is 0.407 e. The molecule has 0 saturated carbocycles. The Labute approximate surface area is 106 Å². The molecule has 0 radical (unpaired) electrons. The standard InChI is InChI=1S/C11H19NO6/c1-4-10(13)17-6-5-12-11(14)18-9(7-15-2)8-16-3/h4,9H,1,5-8H2,2-3H3,(H,12,14). The number of ether oxygens (including phenoxy) is 4. The molecular weight excluding hydrogens is 242 g/mol. The molecule has 0 aliphatic carbocycles. The van der Waals surface area contributed by atoms with Crippen molar-refractivity contribution < 1.29 is 28.5 Å². The summed E-state index contributed by atoms with van der Waals surface area (Å²) in [5.41, 5.74) is 0. The number of methoxy groups -OCH3 is 2. The van der Waals surface area contributed by atoms with Gasteiger partial charge in [-0.3, -0.25) is 0 Å². The Hall–Kier alpha value is -1.60. The van der Waals surface area contributed by atoms with Gasteiger partial charge in [0, 0.05) is 20.3 Å². The van der Waals surface area contributed by atoms with E-state index in [0.29, 0.717) is 0 Å². The molecule has 0 spiro atoms. The fourth-order valence-electron chi connectivity index (χ4n) is 1.04. The van der Waals surface area contributed by atoms with Crippen LogP contribution >= 0.6 is 0 Å². The van der Waals surface area contributed by atoms with Crippen LogP contribution in [0.3, 0.4) is 0 Å². The van der Waals surface area contributed by atoms with Crippen LogP contribution in [0.2, 0.25) is 0 Å². The topological polar surface area (TPSA) is 83.1 Å². The van der Waals surface area contributed by atoms with Crippen molar-refractivity contribution in [1.82, 2.24) is 5.32 Å². The van der Waals surface area contributed by atoms with Crippen molar-refractivity contribution in [2.24, 2.45) is 0 Å². The molecule has 0 aromatic rings. The summed E-state index contributed by atoms with van der Waals surface area (Å²) in [6.45, 7) is 3.94. The van der Waals surface area contributed by atoms with Gasteiger partial charge in [0.2, 0.25) is 0 Å². The van der Waals surface area contributed by atoms with Gasteiger partial charge in [-0.05, 0) is 0 Å². The number of carbonyl (C=O) groups excluding carboxylic acids is 2. The largest absolute Gasteiger partial charge is 0.461 e. The number of carbonyl (C=O) groups is 2. The molecule has 7 heteroatoms. The average molecular weight is 261 g/mol. The molecule has 18 heavy (non-hydrogen) atoms. The first-order chi connectivity index (χ1) is 8.63. The van der Waals surface area contributed by atoms with Gasteiger partial charge in [-0.25, -0.2) is 9.59 Å². The van der Waals surface area contributed by atoms with E-state index in [1.165, 1.54) is 14.2 Å². The van der Waals surface area contributed by atoms with Crippen molar-refractivity contribution >= 4 is 12.1 Å². The van der Waals surface area contributed by atoms with E-state index in [1.54, 1.807) is 0 Å². The summed E-state index contributed by atoms with van der Waals surface area (Å²) in [7, 11) is 3.00. The molecule has 104 valence electrons. The fraction of sp³-hybridized carbons (Fsp3) is 0.636. The van der Waals surface area contributed by atoms with E-state index in [1.807, 2.05) is 0 Å². The molecule has 0 aromatic carbocycles. The Morgan fingerprint density at radius 3 is 2.39 bits per heavy atom. The number of amides is 1. The van der Waals surface area contributed by atoms with Crippen molar-refractivity contribution in [3.63, 3.8) is 0 Å². The van der Waals surface area contributed by atoms with Crippen LogP contribution in [0.15, 0.2) is 12.7 Å². The minimum atomic E-state index is -0.622. The Bertz CT molecular complexity index is 262. The predicted octanol–water partition coefficient (Wildman–Crippen LogP) is 0.103. The molecule has 1 amide bonds. The SMILES string of the molecule is C=CC(=O)OCCNC(=O)OC(COC)COC. The molecule has 0 atom stereocenters. The maximum Gasteiger partial charge on any atom is 0.407 e. The molecule has 0 aromatic heterocycles. The van der Waals surface area contributed by atoms with E-state index in [-0.39, 0.29) is 26.4 Å². The fourth-order valence-corrected chi connectivity index (χ4v) is 1.04. The maximum atomic E-state index is 11.3. The second kappa shape index (κ2) is 10.5. The summed E-state index contributed by atoms with van der Waals surface area (Å²) >= 11 is 0. The van der Waals surface area contributed by atoms with Gasteiger partial charge >= 0.3 is 12.1 Å². The lowest BCUT2D eigenvalue weighted by molar-refractivity contribution is -0.137. The summed E-state index contributed by atoms with van der Waals surface area (Å²) < 4.78 is 19.4. The lowest BCUT2D eigenvalue weighted by Crippen LogP contribution is -2.35. The zero-order valence-corrected chi connectivity index (χ0v) is 10.6. The van der Waals surface area contributed by atoms with Crippen LogP contribution in [-0.4, -0.2) is 58.8 Å². The van der Waals surface area contributed by atoms with Gasteiger partial charge in [0.25, 0.3) is 0 Å². The summed E-state index contributed by atoms with van der Waals surface area (Å²) in [6.07, 6.45) is -0.0506. The second-order valence-electron chi connectivity index (χ2n) is 3.24. The quantitative estimate of drug-likeness (QED) is 0.360. The summed E-state index contributed by atoms with van der Waals surface area (Å²) in [4.78, 5) is 22.0. The van der Waals surface area contributed by atoms with Gasteiger partial charge in [0.05, 0.1) is 19.8 Å². The molecule has 0 aliphatic heterocycles. The van der Waals surface area contributed by atoms with Crippen molar-refractivity contribution in [3.05, 3.63) is 12.7 Å². The van der Waals surface area contributed by atoms with Crippen LogP contribution in [0, 0.1) is 0 Å². The zero-order valence-electron chi connectivity index (χ0n) is 10.6.